The van der Waals surface area contributed by atoms with Crippen LogP contribution < -0.4 is 11.1 Å². The molecule has 0 aliphatic rings. The van der Waals surface area contributed by atoms with Crippen LogP contribution in [-0.2, 0) is 6.54 Å². The predicted octanol–water partition coefficient (Wildman–Crippen LogP) is 1.88. The lowest BCUT2D eigenvalue weighted by Crippen LogP contribution is -2.04. The van der Waals surface area contributed by atoms with Crippen molar-refractivity contribution in [3.63, 3.8) is 0 Å². The average molecular weight is 218 g/mol. The molecule has 0 spiro atoms. The highest BCUT2D eigenvalue weighted by atomic mass is 16.5. The highest BCUT2D eigenvalue weighted by Gasteiger charge is 2.04. The minimum atomic E-state index is 0.529. The summed E-state index contributed by atoms with van der Waals surface area (Å²) in [6.07, 6.45) is 0. The number of nitrogens with one attached hydrogen (secondary N) is 1. The predicted molar refractivity (Wildman–Crippen MR) is 62.0 cm³/mol. The summed E-state index contributed by atoms with van der Waals surface area (Å²) >= 11 is 0. The molecule has 1 aromatic carbocycles. The van der Waals surface area contributed by atoms with Crippen LogP contribution in [0.1, 0.15) is 17.3 Å². The molecule has 0 unspecified atom stereocenters. The Bertz CT molecular complexity index is 492. The van der Waals surface area contributed by atoms with Crippen molar-refractivity contribution in [2.45, 2.75) is 20.4 Å². The fraction of sp³-hybridized carbons (Fsp3) is 0.273. The molecule has 0 aliphatic carbocycles. The molecule has 0 radical (unpaired) electrons. The normalized spacial score (nSPS) is 10.4. The number of rotatable bonds is 3. The SMILES string of the molecule is Cc1nc(CNc2cccc(N)c2C)no1. The van der Waals surface area contributed by atoms with E-state index in [9.17, 15) is 0 Å². The van der Waals surface area contributed by atoms with Crippen LogP contribution in [0, 0.1) is 13.8 Å². The summed E-state index contributed by atoms with van der Waals surface area (Å²) in [5, 5.41) is 7.02. The van der Waals surface area contributed by atoms with E-state index in [1.54, 1.807) is 6.92 Å². The molecule has 5 nitrogen and oxygen atoms in total. The molecule has 1 aromatic heterocycles. The minimum absolute atomic E-state index is 0.529. The Hall–Kier alpha value is -2.04. The summed E-state index contributed by atoms with van der Waals surface area (Å²) in [6.45, 7) is 4.27. The number of nitrogen functional groups attached to an aromatic ring is 1. The number of nitrogens with zero attached hydrogens (tertiary/aromatic N) is 2. The third-order valence-corrected chi connectivity index (χ3v) is 2.38. The standard InChI is InChI=1S/C11H14N4O/c1-7-9(12)4-3-5-10(7)13-6-11-14-8(2)16-15-11/h3-5,13H,6,12H2,1-2H3. The molecule has 2 rings (SSSR count). The first kappa shape index (κ1) is 10.5. The molecule has 5 heteroatoms. The lowest BCUT2D eigenvalue weighted by atomic mass is 10.1. The maximum atomic E-state index is 5.80. The van der Waals surface area contributed by atoms with Crippen LogP contribution in [0.2, 0.25) is 0 Å². The van der Waals surface area contributed by atoms with Gasteiger partial charge >= 0.3 is 0 Å². The van der Waals surface area contributed by atoms with E-state index >= 15 is 0 Å². The number of aryl methyl sites for hydroxylation is 1. The lowest BCUT2D eigenvalue weighted by Gasteiger charge is -2.09. The van der Waals surface area contributed by atoms with Crippen LogP contribution in [-0.4, -0.2) is 10.1 Å². The van der Waals surface area contributed by atoms with Crippen LogP contribution in [0.4, 0.5) is 11.4 Å². The molecule has 0 fully saturated rings. The van der Waals surface area contributed by atoms with Crippen molar-refractivity contribution in [2.24, 2.45) is 0 Å². The van der Waals surface area contributed by atoms with E-state index in [1.807, 2.05) is 25.1 Å². The third-order valence-electron chi connectivity index (χ3n) is 2.38. The van der Waals surface area contributed by atoms with Gasteiger partial charge in [-0.1, -0.05) is 11.2 Å². The van der Waals surface area contributed by atoms with Crippen molar-refractivity contribution < 1.29 is 4.52 Å². The Morgan fingerprint density at radius 3 is 2.88 bits per heavy atom. The van der Waals surface area contributed by atoms with E-state index in [0.717, 1.165) is 16.9 Å². The first-order valence-corrected chi connectivity index (χ1v) is 5.05. The van der Waals surface area contributed by atoms with E-state index in [-0.39, 0.29) is 0 Å². The zero-order chi connectivity index (χ0) is 11.5. The number of hydrogen-bond acceptors (Lipinski definition) is 5. The van der Waals surface area contributed by atoms with E-state index in [0.29, 0.717) is 18.3 Å². The van der Waals surface area contributed by atoms with Gasteiger partial charge in [0, 0.05) is 18.3 Å². The van der Waals surface area contributed by atoms with E-state index < -0.39 is 0 Å². The molecule has 0 atom stereocenters. The molecule has 2 aromatic rings. The van der Waals surface area contributed by atoms with Crippen LogP contribution in [0.15, 0.2) is 22.7 Å². The first-order chi connectivity index (χ1) is 7.66. The summed E-state index contributed by atoms with van der Waals surface area (Å²) in [5.74, 6) is 1.21. The monoisotopic (exact) mass is 218 g/mol. The van der Waals surface area contributed by atoms with E-state index in [2.05, 4.69) is 15.5 Å². The Labute approximate surface area is 93.7 Å². The maximum absolute atomic E-state index is 5.80. The zero-order valence-electron chi connectivity index (χ0n) is 9.32. The number of anilines is 2. The van der Waals surface area contributed by atoms with Gasteiger partial charge in [-0.2, -0.15) is 4.98 Å². The van der Waals surface area contributed by atoms with Crippen molar-refractivity contribution in [2.75, 3.05) is 11.1 Å². The van der Waals surface area contributed by atoms with Crippen molar-refractivity contribution in [1.29, 1.82) is 0 Å². The quantitative estimate of drug-likeness (QED) is 0.769. The number of benzene rings is 1. The van der Waals surface area contributed by atoms with Crippen LogP contribution in [0.25, 0.3) is 0 Å². The molecule has 0 amide bonds. The first-order valence-electron chi connectivity index (χ1n) is 5.05. The van der Waals surface area contributed by atoms with Crippen LogP contribution in [0.3, 0.4) is 0 Å². The van der Waals surface area contributed by atoms with Gasteiger partial charge in [-0.15, -0.1) is 0 Å². The van der Waals surface area contributed by atoms with Crippen molar-refractivity contribution in [1.82, 2.24) is 10.1 Å². The lowest BCUT2D eigenvalue weighted by molar-refractivity contribution is 0.388. The topological polar surface area (TPSA) is 77.0 Å². The fourth-order valence-electron chi connectivity index (χ4n) is 1.43. The maximum Gasteiger partial charge on any atom is 0.223 e. The average Bonchev–Trinajstić information content (AvgIpc) is 2.67. The van der Waals surface area contributed by atoms with E-state index in [1.165, 1.54) is 0 Å². The Morgan fingerprint density at radius 1 is 1.38 bits per heavy atom. The summed E-state index contributed by atoms with van der Waals surface area (Å²) < 4.78 is 4.88. The second kappa shape index (κ2) is 4.22. The smallest absolute Gasteiger partial charge is 0.223 e. The van der Waals surface area contributed by atoms with Gasteiger partial charge in [0.15, 0.2) is 5.82 Å². The number of nitrogens with two attached hydrogens (primary N) is 1. The Morgan fingerprint density at radius 2 is 2.19 bits per heavy atom. The van der Waals surface area contributed by atoms with Gasteiger partial charge in [0.2, 0.25) is 5.89 Å². The van der Waals surface area contributed by atoms with Gasteiger partial charge in [0.25, 0.3) is 0 Å². The van der Waals surface area contributed by atoms with Crippen LogP contribution in [0.5, 0.6) is 0 Å². The summed E-state index contributed by atoms with van der Waals surface area (Å²) in [5.41, 5.74) is 8.60. The minimum Gasteiger partial charge on any atom is -0.398 e. The molecular formula is C11H14N4O. The second-order valence-electron chi connectivity index (χ2n) is 3.60. The van der Waals surface area contributed by atoms with Crippen molar-refractivity contribution in [3.05, 3.63) is 35.5 Å². The fourth-order valence-corrected chi connectivity index (χ4v) is 1.43. The summed E-state index contributed by atoms with van der Waals surface area (Å²) in [4.78, 5) is 4.11. The van der Waals surface area contributed by atoms with Gasteiger partial charge in [-0.3, -0.25) is 0 Å². The highest BCUT2D eigenvalue weighted by Crippen LogP contribution is 2.20. The molecule has 0 bridgehead atoms. The van der Waals surface area contributed by atoms with Gasteiger partial charge in [0.1, 0.15) is 0 Å². The number of hydrogen-bond donors (Lipinski definition) is 2. The van der Waals surface area contributed by atoms with Gasteiger partial charge in [-0.25, -0.2) is 0 Å². The molecular weight excluding hydrogens is 204 g/mol. The second-order valence-corrected chi connectivity index (χ2v) is 3.60. The number of aromatic nitrogens is 2. The Kier molecular flexibility index (Phi) is 2.76. The van der Waals surface area contributed by atoms with E-state index in [4.69, 9.17) is 10.3 Å². The zero-order valence-corrected chi connectivity index (χ0v) is 9.32. The van der Waals surface area contributed by atoms with Crippen molar-refractivity contribution >= 4 is 11.4 Å². The largest absolute Gasteiger partial charge is 0.398 e. The van der Waals surface area contributed by atoms with Gasteiger partial charge in [0.05, 0.1) is 6.54 Å². The molecule has 1 heterocycles. The summed E-state index contributed by atoms with van der Waals surface area (Å²) in [6, 6.07) is 5.75. The molecule has 0 aliphatic heterocycles. The summed E-state index contributed by atoms with van der Waals surface area (Å²) in [7, 11) is 0. The van der Waals surface area contributed by atoms with Gasteiger partial charge in [-0.05, 0) is 24.6 Å². The molecule has 16 heavy (non-hydrogen) atoms. The molecule has 3 N–H and O–H groups in total. The third kappa shape index (κ3) is 2.13. The Balaban J connectivity index is 2.07. The van der Waals surface area contributed by atoms with Crippen molar-refractivity contribution in [3.8, 4) is 0 Å². The highest BCUT2D eigenvalue weighted by molar-refractivity contribution is 5.62. The van der Waals surface area contributed by atoms with Gasteiger partial charge < -0.3 is 15.6 Å². The molecule has 0 saturated heterocycles. The molecule has 0 saturated carbocycles. The molecule has 84 valence electrons. The van der Waals surface area contributed by atoms with Crippen LogP contribution >= 0.6 is 0 Å².